The molecule has 0 aromatic carbocycles. The molecule has 0 aromatic heterocycles. The van der Waals surface area contributed by atoms with Crippen LogP contribution in [0.2, 0.25) is 0 Å². The number of quaternary nitrogens is 1. The summed E-state index contributed by atoms with van der Waals surface area (Å²) in [7, 11) is 3.48. The molecule has 0 aliphatic rings. The normalized spacial score (nSPS) is 10.6. The van der Waals surface area contributed by atoms with Gasteiger partial charge >= 0.3 is 0 Å². The molecule has 0 aromatic rings. The van der Waals surface area contributed by atoms with Crippen molar-refractivity contribution in [2.24, 2.45) is 0 Å². The maximum Gasteiger partial charge on any atom is 0.251 e. The quantitative estimate of drug-likeness (QED) is 0.480. The van der Waals surface area contributed by atoms with Gasteiger partial charge in [-0.2, -0.15) is 0 Å². The van der Waals surface area contributed by atoms with Gasteiger partial charge in [0.1, 0.15) is 0 Å². The van der Waals surface area contributed by atoms with Crippen molar-refractivity contribution in [2.75, 3.05) is 33.8 Å². The summed E-state index contributed by atoms with van der Waals surface area (Å²) in [5, 5.41) is 9.03. The second-order valence-corrected chi connectivity index (χ2v) is 5.31. The Morgan fingerprint density at radius 2 is 1.21 bits per heavy atom. The largest absolute Gasteiger partial charge is 0.553 e. The first-order chi connectivity index (χ1) is 8.95. The van der Waals surface area contributed by atoms with E-state index in [-0.39, 0.29) is 0 Å². The number of rotatable bonds is 9. The van der Waals surface area contributed by atoms with E-state index < -0.39 is 6.16 Å². The lowest BCUT2D eigenvalue weighted by Gasteiger charge is -2.34. The highest BCUT2D eigenvalue weighted by molar-refractivity contribution is 5.53. The van der Waals surface area contributed by atoms with E-state index in [0.29, 0.717) is 0 Å². The Balaban J connectivity index is 0. The highest BCUT2D eigenvalue weighted by Gasteiger charge is 2.18. The summed E-state index contributed by atoms with van der Waals surface area (Å²) >= 11 is 0. The lowest BCUT2D eigenvalue weighted by molar-refractivity contribution is -0.910. The number of methoxy groups -OCH3 is 1. The molecule has 0 saturated heterocycles. The van der Waals surface area contributed by atoms with Crippen LogP contribution >= 0.6 is 0 Å². The average molecular weight is 275 g/mol. The van der Waals surface area contributed by atoms with Gasteiger partial charge in [-0.25, -0.2) is 0 Å². The number of nitrogens with zero attached hydrogens (tertiary/aromatic N) is 1. The maximum atomic E-state index is 9.03. The van der Waals surface area contributed by atoms with Crippen LogP contribution in [0.15, 0.2) is 0 Å². The minimum absolute atomic E-state index is 1.04. The molecular formula is C15H33NO3. The summed E-state index contributed by atoms with van der Waals surface area (Å²) in [6.45, 7) is 11.0. The van der Waals surface area contributed by atoms with Crippen LogP contribution < -0.4 is 5.11 Å². The minimum atomic E-state index is -1.50. The number of carbonyl (C=O) groups excluding carboxylic acids is 1. The molecule has 4 nitrogen and oxygen atoms in total. The lowest BCUT2D eigenvalue weighted by atomic mass is 10.2. The van der Waals surface area contributed by atoms with Gasteiger partial charge in [-0.05, 0) is 19.3 Å². The highest BCUT2D eigenvalue weighted by atomic mass is 16.6. The zero-order valence-corrected chi connectivity index (χ0v) is 13.5. The molecule has 0 unspecified atom stereocenters. The molecule has 116 valence electrons. The third kappa shape index (κ3) is 15.2. The van der Waals surface area contributed by atoms with Gasteiger partial charge in [-0.3, -0.25) is 0 Å². The number of ether oxygens (including phenoxy) is 1. The molecule has 0 saturated carbocycles. The Morgan fingerprint density at radius 1 is 0.947 bits per heavy atom. The predicted molar refractivity (Wildman–Crippen MR) is 77.9 cm³/mol. The highest BCUT2D eigenvalue weighted by Crippen LogP contribution is 2.10. The molecule has 0 bridgehead atoms. The number of hydrogen-bond acceptors (Lipinski definition) is 3. The van der Waals surface area contributed by atoms with Gasteiger partial charge in [0, 0.05) is 7.11 Å². The fourth-order valence-corrected chi connectivity index (χ4v) is 1.95. The van der Waals surface area contributed by atoms with Crippen LogP contribution in [0.3, 0.4) is 0 Å². The Hall–Kier alpha value is -0.770. The number of hydrogen-bond donors (Lipinski definition) is 0. The van der Waals surface area contributed by atoms with Crippen LogP contribution in [0, 0.1) is 0 Å². The van der Waals surface area contributed by atoms with Gasteiger partial charge in [0.05, 0.1) is 26.7 Å². The predicted octanol–water partition coefficient (Wildman–Crippen LogP) is 2.81. The van der Waals surface area contributed by atoms with E-state index in [1.807, 2.05) is 0 Å². The molecule has 0 amide bonds. The standard InChI is InChI=1S/C13H30N.C2H4O3/c1-5-8-11-14(4,12-9-6-2)13-10-7-3;1-5-2(3)4/h5-13H2,1-4H3;1H3,(H,3,4)/q+1;/p-1. The zero-order chi connectivity index (χ0) is 15.1. The molecule has 0 aliphatic heterocycles. The second kappa shape index (κ2) is 13.7. The van der Waals surface area contributed by atoms with Gasteiger partial charge in [0.2, 0.25) is 0 Å². The van der Waals surface area contributed by atoms with E-state index in [2.05, 4.69) is 32.6 Å². The van der Waals surface area contributed by atoms with E-state index in [9.17, 15) is 0 Å². The van der Waals surface area contributed by atoms with Crippen molar-refractivity contribution in [3.05, 3.63) is 0 Å². The average Bonchev–Trinajstić information content (AvgIpc) is 2.41. The summed E-state index contributed by atoms with van der Waals surface area (Å²) in [5.74, 6) is 0. The zero-order valence-electron chi connectivity index (χ0n) is 13.5. The molecule has 0 heterocycles. The fourth-order valence-electron chi connectivity index (χ4n) is 1.95. The summed E-state index contributed by atoms with van der Waals surface area (Å²) < 4.78 is 4.87. The van der Waals surface area contributed by atoms with Crippen LogP contribution in [0.1, 0.15) is 59.3 Å². The van der Waals surface area contributed by atoms with E-state index in [1.165, 1.54) is 62.6 Å². The van der Waals surface area contributed by atoms with Gasteiger partial charge in [-0.15, -0.1) is 0 Å². The van der Waals surface area contributed by atoms with E-state index in [4.69, 9.17) is 9.90 Å². The molecule has 0 aliphatic carbocycles. The molecule has 19 heavy (non-hydrogen) atoms. The fraction of sp³-hybridized carbons (Fsp3) is 0.933. The lowest BCUT2D eigenvalue weighted by Crippen LogP contribution is -2.46. The first kappa shape index (κ1) is 20.5. The van der Waals surface area contributed by atoms with E-state index >= 15 is 0 Å². The van der Waals surface area contributed by atoms with Crippen molar-refractivity contribution in [3.8, 4) is 0 Å². The van der Waals surface area contributed by atoms with Gasteiger partial charge in [0.15, 0.2) is 0 Å². The number of carbonyl (C=O) groups is 1. The first-order valence-electron chi connectivity index (χ1n) is 7.54. The Bertz CT molecular complexity index is 186. The summed E-state index contributed by atoms with van der Waals surface area (Å²) in [5.41, 5.74) is 0. The van der Waals surface area contributed by atoms with Gasteiger partial charge in [-0.1, -0.05) is 40.0 Å². The molecule has 4 heteroatoms. The van der Waals surface area contributed by atoms with Crippen molar-refractivity contribution in [3.63, 3.8) is 0 Å². The summed E-state index contributed by atoms with van der Waals surface area (Å²) in [6.07, 6.45) is 6.70. The molecule has 0 atom stereocenters. The SMILES string of the molecule is CCCC[N+](C)(CCCC)CCCC.COC(=O)[O-]. The molecule has 0 rings (SSSR count). The van der Waals surface area contributed by atoms with Crippen LogP contribution in [0.4, 0.5) is 4.79 Å². The topological polar surface area (TPSA) is 49.4 Å². The van der Waals surface area contributed by atoms with Crippen LogP contribution in [0.25, 0.3) is 0 Å². The minimum Gasteiger partial charge on any atom is -0.553 e. The smallest absolute Gasteiger partial charge is 0.251 e. The second-order valence-electron chi connectivity index (χ2n) is 5.31. The van der Waals surface area contributed by atoms with Gasteiger partial charge in [0.25, 0.3) is 6.16 Å². The van der Waals surface area contributed by atoms with Crippen molar-refractivity contribution in [1.29, 1.82) is 0 Å². The van der Waals surface area contributed by atoms with Gasteiger partial charge < -0.3 is 19.1 Å². The first-order valence-corrected chi connectivity index (χ1v) is 7.54. The van der Waals surface area contributed by atoms with Crippen LogP contribution in [-0.4, -0.2) is 44.4 Å². The number of carboxylic acid groups (broad SMARTS) is 1. The van der Waals surface area contributed by atoms with E-state index in [1.54, 1.807) is 0 Å². The van der Waals surface area contributed by atoms with E-state index in [0.717, 1.165) is 7.11 Å². The Morgan fingerprint density at radius 3 is 1.37 bits per heavy atom. The monoisotopic (exact) mass is 275 g/mol. The van der Waals surface area contributed by atoms with Crippen molar-refractivity contribution < 1.29 is 19.1 Å². The Kier molecular flexibility index (Phi) is 14.8. The summed E-state index contributed by atoms with van der Waals surface area (Å²) in [4.78, 5) is 9.03. The number of unbranched alkanes of at least 4 members (excludes halogenated alkanes) is 3. The third-order valence-corrected chi connectivity index (χ3v) is 3.32. The van der Waals surface area contributed by atoms with Crippen molar-refractivity contribution in [2.45, 2.75) is 59.3 Å². The molecule has 0 N–H and O–H groups in total. The molecular weight excluding hydrogens is 242 g/mol. The van der Waals surface area contributed by atoms with Crippen molar-refractivity contribution >= 4 is 6.16 Å². The molecule has 0 fully saturated rings. The molecule has 0 spiro atoms. The maximum absolute atomic E-state index is 9.03. The third-order valence-electron chi connectivity index (χ3n) is 3.32. The van der Waals surface area contributed by atoms with Crippen molar-refractivity contribution in [1.82, 2.24) is 0 Å². The van der Waals surface area contributed by atoms with Crippen LogP contribution in [-0.2, 0) is 4.74 Å². The summed E-state index contributed by atoms with van der Waals surface area (Å²) in [6, 6.07) is 0. The molecule has 0 radical (unpaired) electrons. The van der Waals surface area contributed by atoms with Crippen LogP contribution in [0.5, 0.6) is 0 Å². The Labute approximate surface area is 119 Å².